The quantitative estimate of drug-likeness (QED) is 0.178. The molecular formula is C30H28N4O3. The molecule has 7 nitrogen and oxygen atoms in total. The lowest BCUT2D eigenvalue weighted by Gasteiger charge is -2.07. The molecule has 0 aliphatic carbocycles. The van der Waals surface area contributed by atoms with Crippen molar-refractivity contribution in [3.8, 4) is 22.9 Å². The van der Waals surface area contributed by atoms with Gasteiger partial charge in [-0.2, -0.15) is 0 Å². The van der Waals surface area contributed by atoms with Gasteiger partial charge in [-0.25, -0.2) is 4.98 Å². The van der Waals surface area contributed by atoms with Gasteiger partial charge in [0.05, 0.1) is 29.4 Å². The molecule has 7 heteroatoms. The van der Waals surface area contributed by atoms with E-state index in [0.29, 0.717) is 39.8 Å². The number of fused-ring (bicyclic) bond motifs is 2. The van der Waals surface area contributed by atoms with E-state index in [0.717, 1.165) is 30.3 Å². The van der Waals surface area contributed by atoms with E-state index in [1.165, 1.54) is 0 Å². The Balaban J connectivity index is 1.58. The fraction of sp³-hybridized carbons (Fsp3) is 0.200. The summed E-state index contributed by atoms with van der Waals surface area (Å²) in [6.45, 7) is 2.77. The summed E-state index contributed by atoms with van der Waals surface area (Å²) in [5.74, 6) is 0.110. The van der Waals surface area contributed by atoms with Crippen LogP contribution in [0.4, 0.5) is 5.69 Å². The second kappa shape index (κ2) is 10.6. The van der Waals surface area contributed by atoms with Crippen molar-refractivity contribution >= 4 is 33.4 Å². The minimum absolute atomic E-state index is 0.0135. The molecule has 37 heavy (non-hydrogen) atoms. The fourth-order valence-corrected chi connectivity index (χ4v) is 4.53. The van der Waals surface area contributed by atoms with Crippen molar-refractivity contribution in [2.75, 3.05) is 7.11 Å². The highest BCUT2D eigenvalue weighted by Crippen LogP contribution is 2.41. The standard InChI is InChI=1S/C30H28N4O3/c1-3-4-10-17-34-27-16-15-21(37-2)18-24(27)28(30(34)36)32-33-29(35)23-19-26(20-11-6-5-7-12-20)31-25-14-9-8-13-22(23)25/h5-9,11-16,18-19,36H,3-4,10,17H2,1-2H3. The third-order valence-corrected chi connectivity index (χ3v) is 6.46. The normalized spacial score (nSPS) is 11.5. The lowest BCUT2D eigenvalue weighted by Crippen LogP contribution is -1.99. The molecule has 0 unspecified atom stereocenters. The third-order valence-electron chi connectivity index (χ3n) is 6.46. The zero-order valence-electron chi connectivity index (χ0n) is 20.9. The van der Waals surface area contributed by atoms with E-state index in [4.69, 9.17) is 9.72 Å². The van der Waals surface area contributed by atoms with Crippen molar-refractivity contribution in [1.82, 2.24) is 9.55 Å². The van der Waals surface area contributed by atoms with Crippen LogP contribution in [-0.4, -0.2) is 27.7 Å². The Morgan fingerprint density at radius 2 is 1.76 bits per heavy atom. The average Bonchev–Trinajstić information content (AvgIpc) is 3.21. The number of carbonyl (C=O) groups excluding carboxylic acids is 1. The van der Waals surface area contributed by atoms with Crippen molar-refractivity contribution in [2.24, 2.45) is 10.2 Å². The molecule has 0 aliphatic heterocycles. The molecule has 1 amide bonds. The maximum Gasteiger partial charge on any atom is 0.296 e. The van der Waals surface area contributed by atoms with E-state index in [2.05, 4.69) is 17.2 Å². The number of amides is 1. The number of azo groups is 1. The predicted octanol–water partition coefficient (Wildman–Crippen LogP) is 7.69. The summed E-state index contributed by atoms with van der Waals surface area (Å²) in [5, 5.41) is 20.8. The highest BCUT2D eigenvalue weighted by Gasteiger charge is 2.19. The number of pyridine rings is 1. The van der Waals surface area contributed by atoms with Gasteiger partial charge in [0.15, 0.2) is 5.69 Å². The van der Waals surface area contributed by atoms with Crippen LogP contribution in [0.3, 0.4) is 0 Å². The zero-order chi connectivity index (χ0) is 25.8. The lowest BCUT2D eigenvalue weighted by atomic mass is 10.0. The Morgan fingerprint density at radius 1 is 0.973 bits per heavy atom. The SMILES string of the molecule is CCCCCn1c(O)c(N=NC(=O)c2cc(-c3ccccc3)nc3ccccc23)c2cc(OC)ccc21. The van der Waals surface area contributed by atoms with Gasteiger partial charge in [0, 0.05) is 22.9 Å². The Kier molecular flexibility index (Phi) is 6.94. The molecule has 5 rings (SSSR count). The largest absolute Gasteiger partial charge is 0.497 e. The summed E-state index contributed by atoms with van der Waals surface area (Å²) < 4.78 is 7.20. The highest BCUT2D eigenvalue weighted by molar-refractivity contribution is 6.07. The molecule has 0 aliphatic rings. The van der Waals surface area contributed by atoms with Crippen molar-refractivity contribution < 1.29 is 14.6 Å². The van der Waals surface area contributed by atoms with E-state index < -0.39 is 5.91 Å². The van der Waals surface area contributed by atoms with Crippen LogP contribution in [0.5, 0.6) is 11.6 Å². The molecule has 3 aromatic carbocycles. The molecule has 0 atom stereocenters. The molecule has 5 aromatic rings. The number of methoxy groups -OCH3 is 1. The Morgan fingerprint density at radius 3 is 2.54 bits per heavy atom. The number of carbonyl (C=O) groups is 1. The summed E-state index contributed by atoms with van der Waals surface area (Å²) in [4.78, 5) is 18.1. The minimum Gasteiger partial charge on any atom is -0.497 e. The Hall–Kier alpha value is -4.52. The van der Waals surface area contributed by atoms with E-state index in [9.17, 15) is 9.90 Å². The highest BCUT2D eigenvalue weighted by atomic mass is 16.5. The first kappa shape index (κ1) is 24.2. The van der Waals surface area contributed by atoms with E-state index >= 15 is 0 Å². The van der Waals surface area contributed by atoms with Crippen LogP contribution in [0.1, 0.15) is 36.5 Å². The van der Waals surface area contributed by atoms with Gasteiger partial charge in [-0.05, 0) is 36.8 Å². The number of ether oxygens (including phenoxy) is 1. The van der Waals surface area contributed by atoms with Crippen molar-refractivity contribution in [3.63, 3.8) is 0 Å². The molecule has 0 radical (unpaired) electrons. The average molecular weight is 493 g/mol. The molecule has 0 spiro atoms. The predicted molar refractivity (Wildman–Crippen MR) is 146 cm³/mol. The first-order chi connectivity index (χ1) is 18.1. The first-order valence-corrected chi connectivity index (χ1v) is 12.4. The zero-order valence-corrected chi connectivity index (χ0v) is 20.9. The molecule has 0 saturated carbocycles. The smallest absolute Gasteiger partial charge is 0.296 e. The number of aromatic hydroxyl groups is 1. The monoisotopic (exact) mass is 492 g/mol. The van der Waals surface area contributed by atoms with Crippen molar-refractivity contribution in [2.45, 2.75) is 32.7 Å². The van der Waals surface area contributed by atoms with E-state index in [-0.39, 0.29) is 11.6 Å². The van der Waals surface area contributed by atoms with Crippen LogP contribution in [0.15, 0.2) is 89.1 Å². The molecule has 186 valence electrons. The number of unbranched alkanes of at least 4 members (excludes halogenated alkanes) is 2. The number of para-hydroxylation sites is 1. The summed E-state index contributed by atoms with van der Waals surface area (Å²) >= 11 is 0. The van der Waals surface area contributed by atoms with Crippen LogP contribution in [0.2, 0.25) is 0 Å². The van der Waals surface area contributed by atoms with Crippen LogP contribution < -0.4 is 4.74 Å². The number of benzene rings is 3. The van der Waals surface area contributed by atoms with Gasteiger partial charge < -0.3 is 14.4 Å². The van der Waals surface area contributed by atoms with Crippen LogP contribution in [0.25, 0.3) is 33.1 Å². The molecule has 0 bridgehead atoms. The number of aryl methyl sites for hydroxylation is 1. The molecule has 0 saturated heterocycles. The van der Waals surface area contributed by atoms with Gasteiger partial charge in [-0.15, -0.1) is 10.2 Å². The second-order valence-corrected chi connectivity index (χ2v) is 8.86. The number of hydrogen-bond donors (Lipinski definition) is 1. The van der Waals surface area contributed by atoms with Crippen molar-refractivity contribution in [3.05, 3.63) is 84.4 Å². The van der Waals surface area contributed by atoms with E-state index in [1.807, 2.05) is 71.3 Å². The third kappa shape index (κ3) is 4.80. The molecular weight excluding hydrogens is 464 g/mol. The minimum atomic E-state index is -0.509. The van der Waals surface area contributed by atoms with Crippen molar-refractivity contribution in [1.29, 1.82) is 0 Å². The van der Waals surface area contributed by atoms with Crippen LogP contribution >= 0.6 is 0 Å². The molecule has 2 heterocycles. The number of rotatable bonds is 8. The molecule has 2 aromatic heterocycles. The maximum absolute atomic E-state index is 13.4. The summed E-state index contributed by atoms with van der Waals surface area (Å²) in [6, 6.07) is 24.5. The first-order valence-electron chi connectivity index (χ1n) is 12.4. The van der Waals surface area contributed by atoms with Gasteiger partial charge in [0.1, 0.15) is 5.75 Å². The van der Waals surface area contributed by atoms with Gasteiger partial charge >= 0.3 is 0 Å². The second-order valence-electron chi connectivity index (χ2n) is 8.86. The van der Waals surface area contributed by atoms with Crippen LogP contribution in [0, 0.1) is 0 Å². The van der Waals surface area contributed by atoms with Gasteiger partial charge in [-0.1, -0.05) is 68.3 Å². The number of hydrogen-bond acceptors (Lipinski definition) is 5. The fourth-order valence-electron chi connectivity index (χ4n) is 4.53. The van der Waals surface area contributed by atoms with Crippen LogP contribution in [-0.2, 0) is 6.54 Å². The topological polar surface area (TPSA) is 89.1 Å². The van der Waals surface area contributed by atoms with E-state index in [1.54, 1.807) is 19.2 Å². The molecule has 1 N–H and O–H groups in total. The molecule has 0 fully saturated rings. The van der Waals surface area contributed by atoms with Gasteiger partial charge in [0.25, 0.3) is 5.91 Å². The maximum atomic E-state index is 13.4. The lowest BCUT2D eigenvalue weighted by molar-refractivity contribution is 0.0996. The summed E-state index contributed by atoms with van der Waals surface area (Å²) in [7, 11) is 1.59. The number of nitrogens with zero attached hydrogens (tertiary/aromatic N) is 4. The Labute approximate surface area is 215 Å². The summed E-state index contributed by atoms with van der Waals surface area (Å²) in [6.07, 6.45) is 3.03. The van der Waals surface area contributed by atoms with Gasteiger partial charge in [0.2, 0.25) is 5.88 Å². The number of aromatic nitrogens is 2. The Bertz CT molecular complexity index is 1610. The van der Waals surface area contributed by atoms with Gasteiger partial charge in [-0.3, -0.25) is 4.79 Å². The summed E-state index contributed by atoms with van der Waals surface area (Å²) in [5.41, 5.74) is 3.74.